The van der Waals surface area contributed by atoms with E-state index in [9.17, 15) is 8.42 Å². The van der Waals surface area contributed by atoms with Gasteiger partial charge in [-0.15, -0.1) is 5.10 Å². The molecule has 0 fully saturated rings. The third-order valence-corrected chi connectivity index (χ3v) is 3.47. The normalized spacial score (nSPS) is 13.8. The fourth-order valence-electron chi connectivity index (χ4n) is 1.54. The summed E-state index contributed by atoms with van der Waals surface area (Å²) >= 11 is 0. The highest BCUT2D eigenvalue weighted by Crippen LogP contribution is 2.11. The minimum absolute atomic E-state index is 0.0799. The highest BCUT2D eigenvalue weighted by Gasteiger charge is 2.09. The van der Waals surface area contributed by atoms with E-state index in [1.807, 2.05) is 0 Å². The molecule has 17 heavy (non-hydrogen) atoms. The molecule has 1 heterocycles. The molecule has 98 valence electrons. The minimum Gasteiger partial charge on any atom is -0.323 e. The molecule has 2 N–H and O–H groups in total. The van der Waals surface area contributed by atoms with E-state index < -0.39 is 9.84 Å². The summed E-state index contributed by atoms with van der Waals surface area (Å²) < 4.78 is 23.6. The van der Waals surface area contributed by atoms with Crippen LogP contribution in [0.5, 0.6) is 0 Å². The van der Waals surface area contributed by atoms with Crippen LogP contribution in [0.3, 0.4) is 0 Å². The standard InChI is InChI=1S/C10H20N4O2S/c1-3-5-9(11)10-8-14(13-12-10)6-4-7-17(2,15)16/h8-9H,3-7,11H2,1-2H3. The number of sulfone groups is 1. The molecule has 1 rings (SSSR count). The Morgan fingerprint density at radius 1 is 1.53 bits per heavy atom. The van der Waals surface area contributed by atoms with Gasteiger partial charge in [-0.2, -0.15) is 0 Å². The number of aromatic nitrogens is 3. The van der Waals surface area contributed by atoms with Gasteiger partial charge in [0.25, 0.3) is 0 Å². The summed E-state index contributed by atoms with van der Waals surface area (Å²) in [5.74, 6) is 0.170. The zero-order valence-corrected chi connectivity index (χ0v) is 11.2. The molecule has 0 saturated carbocycles. The number of hydrogen-bond acceptors (Lipinski definition) is 5. The van der Waals surface area contributed by atoms with Crippen molar-refractivity contribution in [1.82, 2.24) is 15.0 Å². The molecule has 0 amide bonds. The van der Waals surface area contributed by atoms with E-state index in [0.717, 1.165) is 18.5 Å². The molecule has 0 saturated heterocycles. The Labute approximate surface area is 102 Å². The van der Waals surface area contributed by atoms with Crippen molar-refractivity contribution in [2.24, 2.45) is 5.73 Å². The first-order chi connectivity index (χ1) is 7.92. The molecule has 0 aromatic carbocycles. The number of aryl methyl sites for hydroxylation is 1. The third-order valence-electron chi connectivity index (χ3n) is 2.44. The van der Waals surface area contributed by atoms with Gasteiger partial charge in [-0.05, 0) is 12.8 Å². The van der Waals surface area contributed by atoms with Crippen molar-refractivity contribution in [1.29, 1.82) is 0 Å². The van der Waals surface area contributed by atoms with Crippen LogP contribution in [-0.2, 0) is 16.4 Å². The van der Waals surface area contributed by atoms with Crippen LogP contribution in [0.2, 0.25) is 0 Å². The van der Waals surface area contributed by atoms with Gasteiger partial charge in [0, 0.05) is 12.8 Å². The average Bonchev–Trinajstić information content (AvgIpc) is 2.65. The molecule has 1 aromatic rings. The monoisotopic (exact) mass is 260 g/mol. The molecule has 1 unspecified atom stereocenters. The lowest BCUT2D eigenvalue weighted by molar-refractivity contribution is 0.564. The molecule has 1 aromatic heterocycles. The van der Waals surface area contributed by atoms with Crippen molar-refractivity contribution in [3.63, 3.8) is 0 Å². The fraction of sp³-hybridized carbons (Fsp3) is 0.800. The van der Waals surface area contributed by atoms with Gasteiger partial charge in [-0.1, -0.05) is 18.6 Å². The fourth-order valence-corrected chi connectivity index (χ4v) is 2.19. The Balaban J connectivity index is 2.46. The maximum Gasteiger partial charge on any atom is 0.147 e. The summed E-state index contributed by atoms with van der Waals surface area (Å²) in [7, 11) is -2.90. The third kappa shape index (κ3) is 5.27. The summed E-state index contributed by atoms with van der Waals surface area (Å²) in [4.78, 5) is 0. The van der Waals surface area contributed by atoms with E-state index in [1.54, 1.807) is 10.9 Å². The van der Waals surface area contributed by atoms with E-state index in [0.29, 0.717) is 13.0 Å². The van der Waals surface area contributed by atoms with Gasteiger partial charge in [0.2, 0.25) is 0 Å². The Hall–Kier alpha value is -0.950. The van der Waals surface area contributed by atoms with Gasteiger partial charge in [0.05, 0.1) is 23.7 Å². The summed E-state index contributed by atoms with van der Waals surface area (Å²) in [6.45, 7) is 2.62. The maximum atomic E-state index is 11.0. The van der Waals surface area contributed by atoms with Crippen LogP contribution >= 0.6 is 0 Å². The molecule has 0 aliphatic rings. The van der Waals surface area contributed by atoms with Crippen molar-refractivity contribution in [3.05, 3.63) is 11.9 Å². The van der Waals surface area contributed by atoms with Crippen LogP contribution < -0.4 is 5.73 Å². The molecule has 7 heteroatoms. The van der Waals surface area contributed by atoms with Gasteiger partial charge >= 0.3 is 0 Å². The van der Waals surface area contributed by atoms with Crippen LogP contribution in [0.4, 0.5) is 0 Å². The first-order valence-electron chi connectivity index (χ1n) is 5.75. The molecule has 0 radical (unpaired) electrons. The number of nitrogens with two attached hydrogens (primary N) is 1. The minimum atomic E-state index is -2.90. The quantitative estimate of drug-likeness (QED) is 0.771. The predicted octanol–water partition coefficient (Wildman–Crippen LogP) is 0.513. The SMILES string of the molecule is CCCC(N)c1cn(CCCS(C)(=O)=O)nn1. The topological polar surface area (TPSA) is 90.9 Å². The van der Waals surface area contributed by atoms with Crippen LogP contribution in [0, 0.1) is 0 Å². The Morgan fingerprint density at radius 3 is 2.82 bits per heavy atom. The average molecular weight is 260 g/mol. The van der Waals surface area contributed by atoms with E-state index in [4.69, 9.17) is 5.73 Å². The lowest BCUT2D eigenvalue weighted by Gasteiger charge is -2.04. The maximum absolute atomic E-state index is 11.0. The largest absolute Gasteiger partial charge is 0.323 e. The molecule has 0 bridgehead atoms. The molecule has 0 aliphatic carbocycles. The van der Waals surface area contributed by atoms with E-state index >= 15 is 0 Å². The second kappa shape index (κ2) is 6.11. The zero-order valence-electron chi connectivity index (χ0n) is 10.3. The first kappa shape index (κ1) is 14.1. The smallest absolute Gasteiger partial charge is 0.147 e. The van der Waals surface area contributed by atoms with Crippen molar-refractivity contribution in [2.75, 3.05) is 12.0 Å². The highest BCUT2D eigenvalue weighted by molar-refractivity contribution is 7.90. The van der Waals surface area contributed by atoms with Gasteiger partial charge in [0.15, 0.2) is 0 Å². The van der Waals surface area contributed by atoms with Crippen LogP contribution in [0.1, 0.15) is 37.9 Å². The second-order valence-corrected chi connectivity index (χ2v) is 6.54. The van der Waals surface area contributed by atoms with Gasteiger partial charge in [-0.25, -0.2) is 8.42 Å². The summed E-state index contributed by atoms with van der Waals surface area (Å²) in [6.07, 6.45) is 5.45. The van der Waals surface area contributed by atoms with Crippen molar-refractivity contribution < 1.29 is 8.42 Å². The number of nitrogens with zero attached hydrogens (tertiary/aromatic N) is 3. The highest BCUT2D eigenvalue weighted by atomic mass is 32.2. The lowest BCUT2D eigenvalue weighted by atomic mass is 10.1. The van der Waals surface area contributed by atoms with Gasteiger partial charge < -0.3 is 5.73 Å². The Kier molecular flexibility index (Phi) is 5.07. The molecule has 1 atom stereocenters. The molecule has 0 spiro atoms. The molecule has 0 aliphatic heterocycles. The summed E-state index contributed by atoms with van der Waals surface area (Å²) in [6, 6.07) is -0.0799. The van der Waals surface area contributed by atoms with Crippen molar-refractivity contribution in [3.8, 4) is 0 Å². The second-order valence-electron chi connectivity index (χ2n) is 4.29. The summed E-state index contributed by atoms with van der Waals surface area (Å²) in [5, 5.41) is 7.92. The van der Waals surface area contributed by atoms with E-state index in [2.05, 4.69) is 17.2 Å². The van der Waals surface area contributed by atoms with Gasteiger partial charge in [0.1, 0.15) is 9.84 Å². The number of hydrogen-bond donors (Lipinski definition) is 1. The molecular formula is C10H20N4O2S. The lowest BCUT2D eigenvalue weighted by Crippen LogP contribution is -2.10. The number of rotatable bonds is 7. The van der Waals surface area contributed by atoms with Gasteiger partial charge in [-0.3, -0.25) is 4.68 Å². The summed E-state index contributed by atoms with van der Waals surface area (Å²) in [5.41, 5.74) is 6.67. The van der Waals surface area contributed by atoms with E-state index in [1.165, 1.54) is 6.26 Å². The van der Waals surface area contributed by atoms with E-state index in [-0.39, 0.29) is 11.8 Å². The zero-order chi connectivity index (χ0) is 12.9. The van der Waals surface area contributed by atoms with Crippen molar-refractivity contribution in [2.45, 2.75) is 38.8 Å². The predicted molar refractivity (Wildman–Crippen MR) is 66.2 cm³/mol. The van der Waals surface area contributed by atoms with Crippen LogP contribution in [-0.4, -0.2) is 35.4 Å². The molecule has 6 nitrogen and oxygen atoms in total. The molecular weight excluding hydrogens is 240 g/mol. The van der Waals surface area contributed by atoms with Crippen LogP contribution in [0.15, 0.2) is 6.20 Å². The Morgan fingerprint density at radius 2 is 2.24 bits per heavy atom. The van der Waals surface area contributed by atoms with Crippen LogP contribution in [0.25, 0.3) is 0 Å². The Bertz CT molecular complexity index is 441. The first-order valence-corrected chi connectivity index (χ1v) is 7.81. The van der Waals surface area contributed by atoms with Crippen molar-refractivity contribution >= 4 is 9.84 Å².